The number of likely N-dealkylation sites (N-methyl/N-ethyl adjacent to an activating group) is 1. The fourth-order valence-electron chi connectivity index (χ4n) is 5.95. The monoisotopic (exact) mass is 582 g/mol. The molecule has 6 rings (SSSR count). The van der Waals surface area contributed by atoms with Gasteiger partial charge in [-0.25, -0.2) is 9.37 Å². The summed E-state index contributed by atoms with van der Waals surface area (Å²) in [6.07, 6.45) is 6.08. The molecule has 0 aliphatic carbocycles. The van der Waals surface area contributed by atoms with Crippen LogP contribution in [0.1, 0.15) is 27.9 Å². The van der Waals surface area contributed by atoms with E-state index in [9.17, 15) is 9.18 Å². The summed E-state index contributed by atoms with van der Waals surface area (Å²) in [5.74, 6) is -0.254. The van der Waals surface area contributed by atoms with Crippen LogP contribution in [-0.2, 0) is 20.1 Å². The SMILES string of the molecule is CN1CCN(Cc2ccc(-c3cc(CN4CC[C@@H](NC(=O)c5cc(-c6cnn(C)c6)cnc5N)C4)ccc3F)cc2)CC1. The maximum absolute atomic E-state index is 14.9. The maximum atomic E-state index is 14.9. The average molecular weight is 583 g/mol. The highest BCUT2D eigenvalue weighted by atomic mass is 19.1. The molecule has 43 heavy (non-hydrogen) atoms. The molecule has 2 aliphatic heterocycles. The molecule has 2 aliphatic rings. The van der Waals surface area contributed by atoms with E-state index in [2.05, 4.69) is 49.3 Å². The molecule has 224 valence electrons. The number of pyridine rings is 1. The van der Waals surface area contributed by atoms with Gasteiger partial charge in [-0.05, 0) is 48.4 Å². The number of piperazine rings is 1. The molecule has 9 nitrogen and oxygen atoms in total. The maximum Gasteiger partial charge on any atom is 0.255 e. The standard InChI is InChI=1S/C33H39FN8O/c1-39-11-13-41(14-12-39)19-23-3-6-25(7-4-23)29-15-24(5-8-31(29)34)20-42-10-9-28(22-42)38-33(43)30-16-26(17-36-32(30)35)27-18-37-40(2)21-27/h3-8,15-18,21,28H,9-14,19-20,22H2,1-2H3,(H2,35,36)(H,38,43)/t28-/m1/s1. The van der Waals surface area contributed by atoms with E-state index in [1.54, 1.807) is 29.2 Å². The highest BCUT2D eigenvalue weighted by molar-refractivity contribution is 5.99. The summed E-state index contributed by atoms with van der Waals surface area (Å²) in [6, 6.07) is 15.4. The third-order valence-corrected chi connectivity index (χ3v) is 8.51. The van der Waals surface area contributed by atoms with Gasteiger partial charge in [0.1, 0.15) is 11.6 Å². The Morgan fingerprint density at radius 3 is 2.40 bits per heavy atom. The Hall–Kier alpha value is -4.12. The molecular formula is C33H39FN8O. The van der Waals surface area contributed by atoms with Gasteiger partial charge >= 0.3 is 0 Å². The second kappa shape index (κ2) is 12.6. The van der Waals surface area contributed by atoms with Crippen molar-refractivity contribution in [3.05, 3.63) is 89.6 Å². The Kier molecular flexibility index (Phi) is 8.51. The highest BCUT2D eigenvalue weighted by Crippen LogP contribution is 2.27. The topological polar surface area (TPSA) is 95.5 Å². The van der Waals surface area contributed by atoms with Gasteiger partial charge in [0.05, 0.1) is 11.8 Å². The lowest BCUT2D eigenvalue weighted by Crippen LogP contribution is -2.43. The van der Waals surface area contributed by atoms with Crippen LogP contribution >= 0.6 is 0 Å². The number of aromatic nitrogens is 3. The first kappa shape index (κ1) is 29.0. The van der Waals surface area contributed by atoms with Crippen molar-refractivity contribution in [3.63, 3.8) is 0 Å². The number of nitrogens with two attached hydrogens (primary N) is 1. The predicted molar refractivity (Wildman–Crippen MR) is 167 cm³/mol. The number of anilines is 1. The minimum atomic E-state index is -0.234. The molecular weight excluding hydrogens is 543 g/mol. The summed E-state index contributed by atoms with van der Waals surface area (Å²) in [7, 11) is 4.00. The van der Waals surface area contributed by atoms with Crippen LogP contribution < -0.4 is 11.1 Å². The third-order valence-electron chi connectivity index (χ3n) is 8.51. The number of hydrogen-bond acceptors (Lipinski definition) is 7. The fraction of sp³-hybridized carbons (Fsp3) is 0.364. The molecule has 0 radical (unpaired) electrons. The zero-order chi connectivity index (χ0) is 29.9. The van der Waals surface area contributed by atoms with Crippen molar-refractivity contribution in [2.45, 2.75) is 25.6 Å². The van der Waals surface area contributed by atoms with Crippen molar-refractivity contribution in [2.75, 3.05) is 52.0 Å². The lowest BCUT2D eigenvalue weighted by molar-refractivity contribution is 0.0938. The van der Waals surface area contributed by atoms with E-state index in [0.717, 1.165) is 67.9 Å². The van der Waals surface area contributed by atoms with Crippen molar-refractivity contribution in [3.8, 4) is 22.3 Å². The number of benzene rings is 2. The number of carbonyl (C=O) groups is 1. The Bertz CT molecular complexity index is 1580. The lowest BCUT2D eigenvalue weighted by Gasteiger charge is -2.32. The van der Waals surface area contributed by atoms with Gasteiger partial charge in [-0.1, -0.05) is 30.3 Å². The van der Waals surface area contributed by atoms with Gasteiger partial charge in [-0.15, -0.1) is 0 Å². The molecule has 1 amide bonds. The molecule has 2 saturated heterocycles. The van der Waals surface area contributed by atoms with Gasteiger partial charge in [-0.2, -0.15) is 5.10 Å². The summed E-state index contributed by atoms with van der Waals surface area (Å²) in [5, 5.41) is 7.33. The van der Waals surface area contributed by atoms with Crippen molar-refractivity contribution in [2.24, 2.45) is 7.05 Å². The van der Waals surface area contributed by atoms with Crippen molar-refractivity contribution >= 4 is 11.7 Å². The van der Waals surface area contributed by atoms with Crippen LogP contribution in [0.2, 0.25) is 0 Å². The first-order valence-electron chi connectivity index (χ1n) is 14.9. The molecule has 1 atom stereocenters. The zero-order valence-electron chi connectivity index (χ0n) is 24.8. The van der Waals surface area contributed by atoms with E-state index < -0.39 is 0 Å². The summed E-state index contributed by atoms with van der Waals surface area (Å²) in [6.45, 7) is 7.46. The predicted octanol–water partition coefficient (Wildman–Crippen LogP) is 3.62. The van der Waals surface area contributed by atoms with Crippen LogP contribution in [0.5, 0.6) is 0 Å². The molecule has 4 heterocycles. The Balaban J connectivity index is 1.06. The van der Waals surface area contributed by atoms with Crippen LogP contribution in [0.15, 0.2) is 67.1 Å². The van der Waals surface area contributed by atoms with Gasteiger partial charge < -0.3 is 16.0 Å². The number of aryl methyl sites for hydroxylation is 1. The number of nitrogens with zero attached hydrogens (tertiary/aromatic N) is 6. The summed E-state index contributed by atoms with van der Waals surface area (Å²) < 4.78 is 16.6. The number of likely N-dealkylation sites (tertiary alicyclic amines) is 1. The van der Waals surface area contributed by atoms with Gasteiger partial charge in [0.2, 0.25) is 0 Å². The normalized spacial score (nSPS) is 18.3. The average Bonchev–Trinajstić information content (AvgIpc) is 3.64. The van der Waals surface area contributed by atoms with Crippen molar-refractivity contribution < 1.29 is 9.18 Å². The van der Waals surface area contributed by atoms with E-state index in [-0.39, 0.29) is 23.6 Å². The second-order valence-electron chi connectivity index (χ2n) is 11.8. The molecule has 0 bridgehead atoms. The molecule has 0 saturated carbocycles. The van der Waals surface area contributed by atoms with Crippen LogP contribution in [-0.4, -0.2) is 87.7 Å². The minimum absolute atomic E-state index is 0.0123. The fourth-order valence-corrected chi connectivity index (χ4v) is 5.95. The third kappa shape index (κ3) is 6.93. The van der Waals surface area contributed by atoms with E-state index in [4.69, 9.17) is 5.73 Å². The Morgan fingerprint density at radius 1 is 0.907 bits per heavy atom. The number of halogens is 1. The van der Waals surface area contributed by atoms with E-state index >= 15 is 0 Å². The smallest absolute Gasteiger partial charge is 0.255 e. The molecule has 0 unspecified atom stereocenters. The number of nitrogen functional groups attached to an aromatic ring is 1. The molecule has 3 N–H and O–H groups in total. The number of carbonyl (C=O) groups excluding carboxylic acids is 1. The number of rotatable bonds is 8. The molecule has 2 aromatic carbocycles. The van der Waals surface area contributed by atoms with Crippen LogP contribution in [0, 0.1) is 5.82 Å². The van der Waals surface area contributed by atoms with Crippen molar-refractivity contribution in [1.82, 2.24) is 34.8 Å². The number of nitrogens with one attached hydrogen (secondary N) is 1. The number of hydrogen-bond donors (Lipinski definition) is 2. The number of amides is 1. The molecule has 4 aromatic rings. The zero-order valence-corrected chi connectivity index (χ0v) is 24.8. The summed E-state index contributed by atoms with van der Waals surface area (Å²) in [5.41, 5.74) is 11.9. The quantitative estimate of drug-likeness (QED) is 0.328. The highest BCUT2D eigenvalue weighted by Gasteiger charge is 2.26. The Morgan fingerprint density at radius 2 is 1.65 bits per heavy atom. The first-order valence-corrected chi connectivity index (χ1v) is 14.9. The molecule has 2 aromatic heterocycles. The van der Waals surface area contributed by atoms with Gasteiger partial charge in [0, 0.05) is 94.5 Å². The lowest BCUT2D eigenvalue weighted by atomic mass is 10.0. The second-order valence-corrected chi connectivity index (χ2v) is 11.8. The van der Waals surface area contributed by atoms with Crippen LogP contribution in [0.3, 0.4) is 0 Å². The molecule has 0 spiro atoms. The molecule has 2 fully saturated rings. The van der Waals surface area contributed by atoms with E-state index in [0.29, 0.717) is 24.2 Å². The van der Waals surface area contributed by atoms with E-state index in [1.165, 1.54) is 5.56 Å². The van der Waals surface area contributed by atoms with Crippen molar-refractivity contribution in [1.29, 1.82) is 0 Å². The Labute approximate surface area is 252 Å². The molecule has 10 heteroatoms. The summed E-state index contributed by atoms with van der Waals surface area (Å²) in [4.78, 5) is 24.5. The van der Waals surface area contributed by atoms with E-state index in [1.807, 2.05) is 37.5 Å². The van der Waals surface area contributed by atoms with Gasteiger partial charge in [0.15, 0.2) is 0 Å². The van der Waals surface area contributed by atoms with Crippen LogP contribution in [0.4, 0.5) is 10.2 Å². The largest absolute Gasteiger partial charge is 0.383 e. The van der Waals surface area contributed by atoms with Crippen LogP contribution in [0.25, 0.3) is 22.3 Å². The van der Waals surface area contributed by atoms with Gasteiger partial charge in [-0.3, -0.25) is 19.3 Å². The minimum Gasteiger partial charge on any atom is -0.383 e. The van der Waals surface area contributed by atoms with Gasteiger partial charge in [0.25, 0.3) is 5.91 Å². The summed E-state index contributed by atoms with van der Waals surface area (Å²) >= 11 is 0. The first-order chi connectivity index (χ1) is 20.8.